The number of nitrogens with zero attached hydrogens (tertiary/aromatic N) is 1. The van der Waals surface area contributed by atoms with Crippen LogP contribution in [0.2, 0.25) is 0 Å². The third-order valence-electron chi connectivity index (χ3n) is 4.88. The molecule has 0 spiro atoms. The topological polar surface area (TPSA) is 76.1 Å². The summed E-state index contributed by atoms with van der Waals surface area (Å²) in [6.07, 6.45) is 5.38. The molecular formula is C16H27NO5. The van der Waals surface area contributed by atoms with E-state index in [-0.39, 0.29) is 18.4 Å². The number of hydrogen-bond acceptors (Lipinski definition) is 4. The summed E-state index contributed by atoms with van der Waals surface area (Å²) in [7, 11) is 1.34. The van der Waals surface area contributed by atoms with Gasteiger partial charge in [-0.3, -0.25) is 9.69 Å². The molecule has 1 saturated heterocycles. The van der Waals surface area contributed by atoms with Crippen molar-refractivity contribution in [3.8, 4) is 0 Å². The summed E-state index contributed by atoms with van der Waals surface area (Å²) < 4.78 is 10.6. The van der Waals surface area contributed by atoms with E-state index >= 15 is 0 Å². The molecular weight excluding hydrogens is 286 g/mol. The van der Waals surface area contributed by atoms with Gasteiger partial charge in [-0.25, -0.2) is 4.79 Å². The summed E-state index contributed by atoms with van der Waals surface area (Å²) in [5.74, 6) is 0.153. The second-order valence-corrected chi connectivity index (χ2v) is 6.84. The highest BCUT2D eigenvalue weighted by Crippen LogP contribution is 2.39. The molecule has 6 heteroatoms. The third-order valence-corrected chi connectivity index (χ3v) is 4.88. The molecule has 0 aromatic carbocycles. The van der Waals surface area contributed by atoms with Crippen molar-refractivity contribution in [3.05, 3.63) is 0 Å². The van der Waals surface area contributed by atoms with Gasteiger partial charge < -0.3 is 14.6 Å². The van der Waals surface area contributed by atoms with Crippen molar-refractivity contribution in [2.75, 3.05) is 7.11 Å². The van der Waals surface area contributed by atoms with Gasteiger partial charge in [-0.1, -0.05) is 32.1 Å². The molecule has 1 aliphatic carbocycles. The van der Waals surface area contributed by atoms with Crippen molar-refractivity contribution >= 4 is 12.1 Å². The minimum Gasteiger partial charge on any atom is -0.469 e. The summed E-state index contributed by atoms with van der Waals surface area (Å²) in [5, 5.41) is 9.59. The van der Waals surface area contributed by atoms with Crippen LogP contribution in [0.25, 0.3) is 0 Å². The molecule has 22 heavy (non-hydrogen) atoms. The lowest BCUT2D eigenvalue weighted by Gasteiger charge is -2.33. The molecule has 1 amide bonds. The highest BCUT2D eigenvalue weighted by atomic mass is 16.6. The van der Waals surface area contributed by atoms with E-state index in [9.17, 15) is 14.7 Å². The Kier molecular flexibility index (Phi) is 5.32. The van der Waals surface area contributed by atoms with Crippen molar-refractivity contribution in [2.24, 2.45) is 5.92 Å². The lowest BCUT2D eigenvalue weighted by atomic mass is 9.83. The molecule has 2 aliphatic rings. The van der Waals surface area contributed by atoms with Gasteiger partial charge in [0.15, 0.2) is 0 Å². The predicted octanol–water partition coefficient (Wildman–Crippen LogP) is 3.00. The third kappa shape index (κ3) is 3.72. The number of ether oxygens (including phenoxy) is 2. The van der Waals surface area contributed by atoms with Gasteiger partial charge in [0, 0.05) is 0 Å². The Morgan fingerprint density at radius 2 is 1.91 bits per heavy atom. The van der Waals surface area contributed by atoms with Gasteiger partial charge >= 0.3 is 12.1 Å². The summed E-state index contributed by atoms with van der Waals surface area (Å²) in [5.41, 5.74) is -0.913. The normalized spacial score (nSPS) is 28.6. The monoisotopic (exact) mass is 313 g/mol. The van der Waals surface area contributed by atoms with Crippen LogP contribution in [0.15, 0.2) is 0 Å². The second kappa shape index (κ2) is 6.86. The average molecular weight is 313 g/mol. The van der Waals surface area contributed by atoms with Crippen LogP contribution >= 0.6 is 0 Å². The van der Waals surface area contributed by atoms with E-state index in [4.69, 9.17) is 9.47 Å². The number of rotatable bonds is 4. The Morgan fingerprint density at radius 1 is 1.27 bits per heavy atom. The van der Waals surface area contributed by atoms with Crippen molar-refractivity contribution in [2.45, 2.75) is 76.7 Å². The van der Waals surface area contributed by atoms with Crippen molar-refractivity contribution in [3.63, 3.8) is 0 Å². The molecule has 2 rings (SSSR count). The summed E-state index contributed by atoms with van der Waals surface area (Å²) >= 11 is 0. The number of carbonyl (C=O) groups excluding carboxylic acids is 1. The van der Waals surface area contributed by atoms with Crippen LogP contribution in [0.3, 0.4) is 0 Å². The minimum atomic E-state index is -0.988. The quantitative estimate of drug-likeness (QED) is 0.807. The average Bonchev–Trinajstić information content (AvgIpc) is 2.70. The summed E-state index contributed by atoms with van der Waals surface area (Å²) in [4.78, 5) is 24.7. The van der Waals surface area contributed by atoms with Gasteiger partial charge in [0.25, 0.3) is 0 Å². The van der Waals surface area contributed by atoms with Crippen LogP contribution in [0.5, 0.6) is 0 Å². The summed E-state index contributed by atoms with van der Waals surface area (Å²) in [6, 6.07) is -0.283. The Balaban J connectivity index is 2.15. The van der Waals surface area contributed by atoms with E-state index in [0.29, 0.717) is 5.92 Å². The zero-order valence-electron chi connectivity index (χ0n) is 13.7. The van der Waals surface area contributed by atoms with E-state index in [1.165, 1.54) is 31.3 Å². The molecule has 0 bridgehead atoms. The van der Waals surface area contributed by atoms with E-state index in [1.54, 1.807) is 13.8 Å². The molecule has 0 radical (unpaired) electrons. The lowest BCUT2D eigenvalue weighted by Crippen LogP contribution is -2.48. The number of carbonyl (C=O) groups is 2. The Morgan fingerprint density at radius 3 is 2.45 bits per heavy atom. The molecule has 6 nitrogen and oxygen atoms in total. The van der Waals surface area contributed by atoms with E-state index in [1.807, 2.05) is 0 Å². The predicted molar refractivity (Wildman–Crippen MR) is 80.4 cm³/mol. The number of methoxy groups -OCH3 is 1. The molecule has 126 valence electrons. The minimum absolute atomic E-state index is 0.0983. The molecule has 1 saturated carbocycles. The van der Waals surface area contributed by atoms with Crippen LogP contribution in [0.1, 0.15) is 58.8 Å². The zero-order valence-corrected chi connectivity index (χ0v) is 13.7. The summed E-state index contributed by atoms with van der Waals surface area (Å²) in [6.45, 7) is 3.48. The van der Waals surface area contributed by atoms with E-state index in [2.05, 4.69) is 0 Å². The highest BCUT2D eigenvalue weighted by molar-refractivity contribution is 5.71. The molecule has 2 fully saturated rings. The van der Waals surface area contributed by atoms with Crippen LogP contribution in [0.4, 0.5) is 4.79 Å². The van der Waals surface area contributed by atoms with Gasteiger partial charge in [-0.15, -0.1) is 0 Å². The van der Waals surface area contributed by atoms with Gasteiger partial charge in [-0.2, -0.15) is 0 Å². The molecule has 2 atom stereocenters. The van der Waals surface area contributed by atoms with Crippen molar-refractivity contribution in [1.82, 2.24) is 4.90 Å². The maximum Gasteiger partial charge on any atom is 0.409 e. The molecule has 0 aromatic heterocycles. The smallest absolute Gasteiger partial charge is 0.409 e. The van der Waals surface area contributed by atoms with Crippen LogP contribution in [-0.4, -0.2) is 47.0 Å². The first-order valence-corrected chi connectivity index (χ1v) is 8.12. The van der Waals surface area contributed by atoms with Crippen LogP contribution < -0.4 is 0 Å². The largest absolute Gasteiger partial charge is 0.469 e. The van der Waals surface area contributed by atoms with Crippen LogP contribution in [0, 0.1) is 5.92 Å². The maximum atomic E-state index is 11.7. The van der Waals surface area contributed by atoms with Gasteiger partial charge in [0.2, 0.25) is 0 Å². The van der Waals surface area contributed by atoms with Gasteiger partial charge in [0.05, 0.1) is 25.7 Å². The maximum absolute atomic E-state index is 11.7. The number of esters is 1. The molecule has 0 aromatic rings. The van der Waals surface area contributed by atoms with Crippen LogP contribution in [-0.2, 0) is 14.3 Å². The first-order valence-electron chi connectivity index (χ1n) is 8.12. The van der Waals surface area contributed by atoms with E-state index in [0.717, 1.165) is 19.3 Å². The standard InChI is InChI=1S/C16H27NO5/c1-16(2)17(15(19)20)12(9-11-7-5-4-6-8-11)13(22-16)10-14(18)21-3/h11-13H,4-10H2,1-3H3,(H,19,20)/t12-,13-/m0/s1. The van der Waals surface area contributed by atoms with E-state index < -0.39 is 17.9 Å². The van der Waals surface area contributed by atoms with Gasteiger partial charge in [0.1, 0.15) is 5.72 Å². The zero-order chi connectivity index (χ0) is 16.3. The fourth-order valence-corrected chi connectivity index (χ4v) is 3.89. The lowest BCUT2D eigenvalue weighted by molar-refractivity contribution is -0.145. The first kappa shape index (κ1) is 17.1. The number of amides is 1. The Labute approximate surface area is 131 Å². The SMILES string of the molecule is COC(=O)C[C@@H]1OC(C)(C)N(C(=O)O)[C@H]1CC1CCCCC1. The first-order chi connectivity index (χ1) is 10.3. The van der Waals surface area contributed by atoms with Gasteiger partial charge in [-0.05, 0) is 26.2 Å². The fourth-order valence-electron chi connectivity index (χ4n) is 3.89. The highest BCUT2D eigenvalue weighted by Gasteiger charge is 2.51. The molecule has 0 unspecified atom stereocenters. The van der Waals surface area contributed by atoms with Crippen molar-refractivity contribution < 1.29 is 24.2 Å². The fraction of sp³-hybridized carbons (Fsp3) is 0.875. The Hall–Kier alpha value is -1.30. The molecule has 1 heterocycles. The number of carboxylic acid groups (broad SMARTS) is 1. The number of hydrogen-bond donors (Lipinski definition) is 1. The molecule has 1 aliphatic heterocycles. The van der Waals surface area contributed by atoms with Crippen molar-refractivity contribution in [1.29, 1.82) is 0 Å². The second-order valence-electron chi connectivity index (χ2n) is 6.84. The Bertz CT molecular complexity index is 417. The molecule has 1 N–H and O–H groups in total.